The molecule has 68 valence electrons. The first-order valence-corrected chi connectivity index (χ1v) is 4.16. The van der Waals surface area contributed by atoms with E-state index < -0.39 is 0 Å². The summed E-state index contributed by atoms with van der Waals surface area (Å²) in [4.78, 5) is 0. The van der Waals surface area contributed by atoms with Crippen molar-refractivity contribution in [3.63, 3.8) is 0 Å². The second-order valence-electron chi connectivity index (χ2n) is 2.58. The minimum absolute atomic E-state index is 0. The van der Waals surface area contributed by atoms with Crippen LogP contribution in [0.4, 0.5) is 0 Å². The Bertz CT molecular complexity index is 50.5. The predicted octanol–water partition coefficient (Wildman–Crippen LogP) is 0.211. The Morgan fingerprint density at radius 3 is 1.58 bits per heavy atom. The normalized spacial score (nSPS) is 10.2. The van der Waals surface area contributed by atoms with E-state index in [-0.39, 0.29) is 91.5 Å². The maximum Gasteiger partial charge on any atom is 2.00 e. The van der Waals surface area contributed by atoms with Crippen molar-refractivity contribution in [2.45, 2.75) is 32.4 Å². The molecule has 0 aromatic carbocycles. The Morgan fingerprint density at radius 1 is 1.42 bits per heavy atom. The van der Waals surface area contributed by atoms with Gasteiger partial charge in [-0.2, -0.15) is 13.3 Å². The maximum atomic E-state index is 3.93. The average Bonchev–Trinajstić information content (AvgIpc) is 1.89. The summed E-state index contributed by atoms with van der Waals surface area (Å²) in [6, 6.07) is 0. The second-order valence-corrected chi connectivity index (χ2v) is 3.25. The zero-order chi connectivity index (χ0) is 8.57. The molecule has 0 heterocycles. The summed E-state index contributed by atoms with van der Waals surface area (Å²) in [5.74, 6) is 0.773. The van der Waals surface area contributed by atoms with Crippen LogP contribution in [0.5, 0.6) is 0 Å². The molecule has 0 nitrogen and oxygen atoms in total. The van der Waals surface area contributed by atoms with Crippen LogP contribution in [0.15, 0.2) is 0 Å². The standard InChI is InChI=1S/C5H11.C4H8S.Cr.Cs/c1-4-5(2)3;1-3-4(2)5;;/h5H,1,4H2,2-3H3;3-5H,2H2,1H3;;/q-1;-2;+2;+1. The number of rotatable bonds is 2. The molecule has 0 spiro atoms. The smallest absolute Gasteiger partial charge is 0.360 e. The van der Waals surface area contributed by atoms with Crippen LogP contribution in [0.2, 0.25) is 0 Å². The van der Waals surface area contributed by atoms with Gasteiger partial charge in [-0.3, -0.25) is 5.25 Å². The minimum Gasteiger partial charge on any atom is -0.360 e. The topological polar surface area (TPSA) is 0 Å². The number of thiol groups is 1. The van der Waals surface area contributed by atoms with Gasteiger partial charge in [-0.15, -0.1) is 0 Å². The van der Waals surface area contributed by atoms with Crippen molar-refractivity contribution in [3.8, 4) is 0 Å². The summed E-state index contributed by atoms with van der Waals surface area (Å²) in [5, 5.41) is 0.204. The third kappa shape index (κ3) is 38.3. The van der Waals surface area contributed by atoms with Crippen molar-refractivity contribution in [3.05, 3.63) is 20.3 Å². The van der Waals surface area contributed by atoms with Gasteiger partial charge in [0.15, 0.2) is 0 Å². The molecule has 0 saturated heterocycles. The largest absolute Gasteiger partial charge is 2.00 e. The first-order valence-electron chi connectivity index (χ1n) is 3.64. The van der Waals surface area contributed by atoms with Gasteiger partial charge in [0.2, 0.25) is 0 Å². The molecular formula is C9H19CrCsS. The van der Waals surface area contributed by atoms with Crippen LogP contribution in [-0.4, -0.2) is 5.25 Å². The third-order valence-electron chi connectivity index (χ3n) is 0.962. The van der Waals surface area contributed by atoms with E-state index in [1.807, 2.05) is 13.3 Å². The molecule has 3 heteroatoms. The Hall–Kier alpha value is 2.93. The van der Waals surface area contributed by atoms with E-state index >= 15 is 0 Å². The van der Waals surface area contributed by atoms with E-state index in [2.05, 4.69) is 40.3 Å². The molecule has 0 amide bonds. The van der Waals surface area contributed by atoms with Gasteiger partial charge < -0.3 is 20.3 Å². The van der Waals surface area contributed by atoms with E-state index in [1.165, 1.54) is 0 Å². The molecule has 0 rings (SSSR count). The Labute approximate surface area is 154 Å². The Morgan fingerprint density at radius 2 is 1.58 bits per heavy atom. The molecule has 12 heavy (non-hydrogen) atoms. The molecule has 0 fully saturated rings. The monoisotopic (exact) mass is 344 g/mol. The Kier molecular flexibility index (Phi) is 39.4. The second kappa shape index (κ2) is 19.5. The van der Waals surface area contributed by atoms with E-state index in [4.69, 9.17) is 0 Å². The molecule has 0 aliphatic carbocycles. The molecule has 0 radical (unpaired) electrons. The van der Waals surface area contributed by atoms with Crippen LogP contribution in [0.25, 0.3) is 0 Å². The van der Waals surface area contributed by atoms with Crippen molar-refractivity contribution in [1.82, 2.24) is 0 Å². The fourth-order valence-electron chi connectivity index (χ4n) is 0. The van der Waals surface area contributed by atoms with Crippen LogP contribution in [-0.2, 0) is 17.4 Å². The van der Waals surface area contributed by atoms with Gasteiger partial charge >= 0.3 is 86.3 Å². The summed E-state index contributed by atoms with van der Waals surface area (Å²) in [7, 11) is 0. The van der Waals surface area contributed by atoms with Crippen molar-refractivity contribution < 1.29 is 86.3 Å². The molecule has 1 atom stereocenters. The number of hydrogen-bond acceptors (Lipinski definition) is 1. The predicted molar refractivity (Wildman–Crippen MR) is 52.9 cm³/mol. The van der Waals surface area contributed by atoms with Crippen molar-refractivity contribution in [2.75, 3.05) is 0 Å². The van der Waals surface area contributed by atoms with Gasteiger partial charge in [-0.05, 0) is 0 Å². The third-order valence-corrected chi connectivity index (χ3v) is 1.26. The van der Waals surface area contributed by atoms with E-state index in [0.29, 0.717) is 0 Å². The first-order chi connectivity index (χ1) is 4.54. The SMILES string of the molecule is [CH2-]C(S)[CH-]C.[CH2-]CC(C)C.[Cr+2].[Cs+]. The molecule has 0 aliphatic heterocycles. The minimum atomic E-state index is 0. The fraction of sp³-hybridized carbons (Fsp3) is 0.667. The van der Waals surface area contributed by atoms with Crippen molar-refractivity contribution in [2.24, 2.45) is 5.92 Å². The van der Waals surface area contributed by atoms with Gasteiger partial charge in [-0.1, -0.05) is 19.8 Å². The van der Waals surface area contributed by atoms with Crippen LogP contribution in [0.1, 0.15) is 27.2 Å². The van der Waals surface area contributed by atoms with Crippen LogP contribution in [0.3, 0.4) is 0 Å². The molecule has 0 bridgehead atoms. The molecule has 0 saturated carbocycles. The van der Waals surface area contributed by atoms with Crippen LogP contribution >= 0.6 is 12.6 Å². The maximum absolute atomic E-state index is 3.93. The van der Waals surface area contributed by atoms with E-state index in [0.717, 1.165) is 12.3 Å². The molecule has 0 aromatic heterocycles. The molecular weight excluding hydrogens is 325 g/mol. The van der Waals surface area contributed by atoms with Gasteiger partial charge in [-0.25, -0.2) is 12.6 Å². The van der Waals surface area contributed by atoms with Crippen LogP contribution in [0, 0.1) is 26.2 Å². The quantitative estimate of drug-likeness (QED) is 0.538. The summed E-state index contributed by atoms with van der Waals surface area (Å²) >= 11 is 3.93. The molecule has 0 aliphatic rings. The van der Waals surface area contributed by atoms with E-state index in [1.54, 1.807) is 0 Å². The summed E-state index contributed by atoms with van der Waals surface area (Å²) in [6.45, 7) is 13.5. The summed E-state index contributed by atoms with van der Waals surface area (Å²) in [6.07, 6.45) is 2.98. The fourth-order valence-corrected chi connectivity index (χ4v) is 0. The average molecular weight is 344 g/mol. The molecule has 0 aromatic rings. The number of hydrogen-bond donors (Lipinski definition) is 1. The van der Waals surface area contributed by atoms with Crippen molar-refractivity contribution in [1.29, 1.82) is 0 Å². The van der Waals surface area contributed by atoms with Gasteiger partial charge in [0.25, 0.3) is 0 Å². The zero-order valence-electron chi connectivity index (χ0n) is 8.71. The van der Waals surface area contributed by atoms with Crippen LogP contribution < -0.4 is 68.9 Å². The first kappa shape index (κ1) is 24.3. The summed E-state index contributed by atoms with van der Waals surface area (Å²) in [5.41, 5.74) is 0. The van der Waals surface area contributed by atoms with E-state index in [9.17, 15) is 0 Å². The Balaban J connectivity index is -0.0000000457. The van der Waals surface area contributed by atoms with Gasteiger partial charge in [0, 0.05) is 0 Å². The van der Waals surface area contributed by atoms with Crippen molar-refractivity contribution >= 4 is 12.6 Å². The van der Waals surface area contributed by atoms with Gasteiger partial charge in [0.1, 0.15) is 0 Å². The molecule has 1 unspecified atom stereocenters. The van der Waals surface area contributed by atoms with Gasteiger partial charge in [0.05, 0.1) is 0 Å². The summed E-state index contributed by atoms with van der Waals surface area (Å²) < 4.78 is 0. The zero-order valence-corrected chi connectivity index (χ0v) is 17.2. The molecule has 0 N–H and O–H groups in total.